The first-order valence-corrected chi connectivity index (χ1v) is 9.63. The summed E-state index contributed by atoms with van der Waals surface area (Å²) in [5.74, 6) is -1.13. The second kappa shape index (κ2) is 8.81. The van der Waals surface area contributed by atoms with Crippen LogP contribution in [-0.2, 0) is 15.1 Å². The van der Waals surface area contributed by atoms with E-state index in [1.807, 2.05) is 73.7 Å². The van der Waals surface area contributed by atoms with Gasteiger partial charge in [0.1, 0.15) is 11.5 Å². The third-order valence-corrected chi connectivity index (χ3v) is 4.98. The van der Waals surface area contributed by atoms with Crippen molar-refractivity contribution < 1.29 is 32.3 Å². The summed E-state index contributed by atoms with van der Waals surface area (Å²) in [6.45, 7) is 1.90. The number of aliphatic carboxylic acids is 1. The molecular weight excluding hydrogens is 439 g/mol. The highest BCUT2D eigenvalue weighted by atomic mass is 19.4. The van der Waals surface area contributed by atoms with Gasteiger partial charge in [-0.2, -0.15) is 13.2 Å². The molecule has 10 heteroatoms. The summed E-state index contributed by atoms with van der Waals surface area (Å²) in [6.07, 6.45) is -5.08. The minimum absolute atomic E-state index is 0.172. The van der Waals surface area contributed by atoms with Crippen LogP contribution in [0.1, 0.15) is 16.9 Å². The molecular formula is C23H20F3N3O4. The summed E-state index contributed by atoms with van der Waals surface area (Å²) in [5.41, 5.74) is 7.26. The first-order chi connectivity index (χ1) is 15.5. The lowest BCUT2D eigenvalue weighted by atomic mass is 9.82. The molecule has 3 aromatic rings. The quantitative estimate of drug-likeness (QED) is 0.617. The summed E-state index contributed by atoms with van der Waals surface area (Å²) in [5, 5.41) is 7.12. The van der Waals surface area contributed by atoms with Crippen molar-refractivity contribution in [1.82, 2.24) is 4.90 Å². The Bertz CT molecular complexity index is 1200. The molecule has 0 spiro atoms. The molecule has 4 rings (SSSR count). The number of nitrogens with two attached hydrogens (primary N) is 1. The lowest BCUT2D eigenvalue weighted by Gasteiger charge is -2.26. The van der Waals surface area contributed by atoms with Crippen molar-refractivity contribution in [3.8, 4) is 11.3 Å². The van der Waals surface area contributed by atoms with Gasteiger partial charge < -0.3 is 15.3 Å². The fraction of sp³-hybridized carbons (Fsp3) is 0.174. The molecule has 2 heterocycles. The predicted molar refractivity (Wildman–Crippen MR) is 114 cm³/mol. The zero-order chi connectivity index (χ0) is 24.4. The van der Waals surface area contributed by atoms with Crippen LogP contribution in [0.25, 0.3) is 11.3 Å². The zero-order valence-corrected chi connectivity index (χ0v) is 17.6. The van der Waals surface area contributed by atoms with Crippen LogP contribution in [0.3, 0.4) is 0 Å². The maximum absolute atomic E-state index is 13.2. The minimum atomic E-state index is -5.08. The smallest absolute Gasteiger partial charge is 0.475 e. The van der Waals surface area contributed by atoms with Crippen molar-refractivity contribution >= 4 is 17.8 Å². The Morgan fingerprint density at radius 2 is 1.67 bits per heavy atom. The largest absolute Gasteiger partial charge is 0.490 e. The van der Waals surface area contributed by atoms with Gasteiger partial charge in [0.05, 0.1) is 0 Å². The highest BCUT2D eigenvalue weighted by Gasteiger charge is 2.49. The summed E-state index contributed by atoms with van der Waals surface area (Å²) < 4.78 is 37.5. The van der Waals surface area contributed by atoms with Crippen molar-refractivity contribution in [3.63, 3.8) is 0 Å². The van der Waals surface area contributed by atoms with E-state index in [9.17, 15) is 18.0 Å². The maximum Gasteiger partial charge on any atom is 0.490 e. The number of carboxylic acid groups (broad SMARTS) is 1. The number of likely N-dealkylation sites (N-methyl/N-ethyl adjacent to an activating group) is 1. The summed E-state index contributed by atoms with van der Waals surface area (Å²) in [7, 11) is 1.64. The van der Waals surface area contributed by atoms with Crippen LogP contribution in [0, 0.1) is 6.92 Å². The molecule has 172 valence electrons. The second-order valence-corrected chi connectivity index (χ2v) is 7.20. The molecule has 1 aromatic heterocycles. The summed E-state index contributed by atoms with van der Waals surface area (Å²) in [4.78, 5) is 28.1. The number of furan rings is 1. The highest BCUT2D eigenvalue weighted by Crippen LogP contribution is 2.40. The average Bonchev–Trinajstić information content (AvgIpc) is 3.32. The molecule has 1 unspecified atom stereocenters. The minimum Gasteiger partial charge on any atom is -0.475 e. The monoisotopic (exact) mass is 459 g/mol. The van der Waals surface area contributed by atoms with Gasteiger partial charge in [0.15, 0.2) is 11.5 Å². The normalized spacial score (nSPS) is 17.9. The average molecular weight is 459 g/mol. The number of aliphatic imine (C=N–C) groups is 1. The number of rotatable bonds is 3. The first-order valence-electron chi connectivity index (χ1n) is 9.63. The molecule has 3 N–H and O–H groups in total. The highest BCUT2D eigenvalue weighted by molar-refractivity contribution is 6.09. The molecule has 0 saturated heterocycles. The van der Waals surface area contributed by atoms with Crippen LogP contribution in [-0.4, -0.2) is 41.1 Å². The number of carboxylic acids is 1. The number of carbonyl (C=O) groups is 2. The van der Waals surface area contributed by atoms with E-state index in [0.717, 1.165) is 28.2 Å². The number of hydrogen-bond acceptors (Lipinski definition) is 5. The Balaban J connectivity index is 0.000000383. The Morgan fingerprint density at radius 3 is 2.15 bits per heavy atom. The van der Waals surface area contributed by atoms with Gasteiger partial charge in [-0.15, -0.1) is 0 Å². The standard InChI is InChI=1S/C21H19N3O2.C2HF3O2/c1-14-11-12-18(26-14)15-7-6-10-17(13-15)21(16-8-4-3-5-9-16)19(25)24(2)20(22)23-21;3-2(4,5)1(6)7/h3-13H,1-2H3,(H2,22,23);(H,6,7). The van der Waals surface area contributed by atoms with Crippen molar-refractivity contribution in [1.29, 1.82) is 0 Å². The molecule has 0 fully saturated rings. The van der Waals surface area contributed by atoms with Gasteiger partial charge in [-0.1, -0.05) is 48.5 Å². The number of halogens is 3. The number of carbonyl (C=O) groups excluding carboxylic acids is 1. The van der Waals surface area contributed by atoms with Gasteiger partial charge in [0.2, 0.25) is 0 Å². The third-order valence-electron chi connectivity index (χ3n) is 4.98. The number of aryl methyl sites for hydroxylation is 1. The SMILES string of the molecule is Cc1ccc(-c2cccc(C3(c4ccccc4)N=C(N)N(C)C3=O)c2)o1.O=C(O)C(F)(F)F. The van der Waals surface area contributed by atoms with E-state index in [2.05, 4.69) is 4.99 Å². The molecule has 0 bridgehead atoms. The van der Waals surface area contributed by atoms with E-state index in [0.29, 0.717) is 0 Å². The van der Waals surface area contributed by atoms with E-state index in [1.54, 1.807) is 7.05 Å². The zero-order valence-electron chi connectivity index (χ0n) is 17.6. The van der Waals surface area contributed by atoms with Crippen molar-refractivity contribution in [2.24, 2.45) is 10.7 Å². The number of guanidine groups is 1. The molecule has 33 heavy (non-hydrogen) atoms. The van der Waals surface area contributed by atoms with Gasteiger partial charge in [-0.3, -0.25) is 9.69 Å². The maximum atomic E-state index is 13.2. The summed E-state index contributed by atoms with van der Waals surface area (Å²) >= 11 is 0. The number of nitrogens with zero attached hydrogens (tertiary/aromatic N) is 2. The molecule has 1 atom stereocenters. The number of benzene rings is 2. The van der Waals surface area contributed by atoms with Gasteiger partial charge >= 0.3 is 12.1 Å². The van der Waals surface area contributed by atoms with Crippen molar-refractivity contribution in [2.45, 2.75) is 18.6 Å². The fourth-order valence-electron chi connectivity index (χ4n) is 3.35. The third kappa shape index (κ3) is 4.59. The molecule has 7 nitrogen and oxygen atoms in total. The summed E-state index contributed by atoms with van der Waals surface area (Å²) in [6, 6.07) is 21.1. The molecule has 1 aliphatic rings. The van der Waals surface area contributed by atoms with E-state index >= 15 is 0 Å². The fourth-order valence-corrected chi connectivity index (χ4v) is 3.35. The van der Waals surface area contributed by atoms with Crippen molar-refractivity contribution in [2.75, 3.05) is 7.05 Å². The Hall–Kier alpha value is -4.08. The number of hydrogen-bond donors (Lipinski definition) is 2. The Kier molecular flexibility index (Phi) is 6.30. The lowest BCUT2D eigenvalue weighted by molar-refractivity contribution is -0.192. The van der Waals surface area contributed by atoms with Gasteiger partial charge in [0.25, 0.3) is 5.91 Å². The topological polar surface area (TPSA) is 109 Å². The van der Waals surface area contributed by atoms with Crippen LogP contribution in [0.2, 0.25) is 0 Å². The van der Waals surface area contributed by atoms with Gasteiger partial charge in [-0.05, 0) is 36.2 Å². The van der Waals surface area contributed by atoms with Crippen LogP contribution in [0.5, 0.6) is 0 Å². The van der Waals surface area contributed by atoms with Crippen LogP contribution in [0.4, 0.5) is 13.2 Å². The Morgan fingerprint density at radius 1 is 1.06 bits per heavy atom. The van der Waals surface area contributed by atoms with E-state index < -0.39 is 17.7 Å². The van der Waals surface area contributed by atoms with E-state index in [4.69, 9.17) is 20.1 Å². The molecule has 2 aromatic carbocycles. The Labute approximate surface area is 187 Å². The first kappa shape index (κ1) is 23.6. The van der Waals surface area contributed by atoms with Crippen LogP contribution in [0.15, 0.2) is 76.1 Å². The van der Waals surface area contributed by atoms with Gasteiger partial charge in [0, 0.05) is 12.6 Å². The molecule has 0 radical (unpaired) electrons. The van der Waals surface area contributed by atoms with Crippen molar-refractivity contribution in [3.05, 3.63) is 83.6 Å². The number of amides is 1. The van der Waals surface area contributed by atoms with Crippen LogP contribution >= 0.6 is 0 Å². The lowest BCUT2D eigenvalue weighted by Crippen LogP contribution is -2.41. The van der Waals surface area contributed by atoms with E-state index in [-0.39, 0.29) is 11.9 Å². The van der Waals surface area contributed by atoms with Gasteiger partial charge in [-0.25, -0.2) is 9.79 Å². The van der Waals surface area contributed by atoms with E-state index in [1.165, 1.54) is 4.90 Å². The second-order valence-electron chi connectivity index (χ2n) is 7.20. The predicted octanol–water partition coefficient (Wildman–Crippen LogP) is 3.92. The van der Waals surface area contributed by atoms with Crippen LogP contribution < -0.4 is 5.73 Å². The molecule has 0 aliphatic carbocycles. The number of alkyl halides is 3. The molecule has 1 amide bonds. The molecule has 0 saturated carbocycles. The molecule has 1 aliphatic heterocycles.